The first-order valence-electron chi connectivity index (χ1n) is 6.65. The van der Waals surface area contributed by atoms with Crippen molar-refractivity contribution in [2.75, 3.05) is 6.61 Å². The highest BCUT2D eigenvalue weighted by atomic mass is 35.5. The van der Waals surface area contributed by atoms with Crippen LogP contribution in [0.3, 0.4) is 0 Å². The molecule has 2 aromatic rings. The van der Waals surface area contributed by atoms with Gasteiger partial charge in [0.05, 0.1) is 15.8 Å². The first-order chi connectivity index (χ1) is 11.4. The fourth-order valence-corrected chi connectivity index (χ4v) is 2.36. The van der Waals surface area contributed by atoms with Gasteiger partial charge >= 0.3 is 5.97 Å². The molecule has 4 nitrogen and oxygen atoms in total. The van der Waals surface area contributed by atoms with Gasteiger partial charge in [0.1, 0.15) is 23.7 Å². The first-order valence-corrected chi connectivity index (χ1v) is 7.78. The second kappa shape index (κ2) is 8.33. The molecule has 0 atom stereocenters. The second-order valence-corrected chi connectivity index (χ2v) is 5.92. The molecule has 0 saturated heterocycles. The molecule has 2 aromatic carbocycles. The lowest BCUT2D eigenvalue weighted by atomic mass is 10.2. The van der Waals surface area contributed by atoms with Crippen LogP contribution in [0.4, 0.5) is 4.39 Å². The van der Waals surface area contributed by atoms with Crippen molar-refractivity contribution in [1.29, 1.82) is 0 Å². The number of carbonyl (C=O) groups is 1. The molecule has 0 saturated carbocycles. The fraction of sp³-hybridized carbons (Fsp3) is 0.125. The molecule has 0 bridgehead atoms. The fourth-order valence-electron chi connectivity index (χ4n) is 1.66. The summed E-state index contributed by atoms with van der Waals surface area (Å²) in [6.45, 7) is 1.58. The second-order valence-electron chi connectivity index (χ2n) is 4.67. The van der Waals surface area contributed by atoms with E-state index in [4.69, 9.17) is 39.5 Å². The molecule has 0 spiro atoms. The summed E-state index contributed by atoms with van der Waals surface area (Å²) in [6.07, 6.45) is 0. The standard InChI is InChI=1S/C16H11Cl3FNO3/c1-9(8-23-14-6-5-10(17)7-12(14)19)21-24-16(22)15-11(18)3-2-4-13(15)20/h2-7H,8H2,1H3/b21-9-. The SMILES string of the molecule is C/C(COc1ccc(Cl)cc1Cl)=N/OC(=O)c1c(F)cccc1Cl. The average molecular weight is 391 g/mol. The Labute approximate surface area is 152 Å². The summed E-state index contributed by atoms with van der Waals surface area (Å²) in [5, 5.41) is 4.35. The van der Waals surface area contributed by atoms with Crippen LogP contribution < -0.4 is 4.74 Å². The third-order valence-corrected chi connectivity index (χ3v) is 3.63. The van der Waals surface area contributed by atoms with Gasteiger partial charge in [-0.3, -0.25) is 0 Å². The lowest BCUT2D eigenvalue weighted by molar-refractivity contribution is 0.0508. The van der Waals surface area contributed by atoms with E-state index in [0.29, 0.717) is 21.5 Å². The molecule has 8 heteroatoms. The molecule has 2 rings (SSSR count). The molecule has 0 aliphatic rings. The van der Waals surface area contributed by atoms with E-state index in [1.165, 1.54) is 18.2 Å². The van der Waals surface area contributed by atoms with Gasteiger partial charge in [0.25, 0.3) is 0 Å². The van der Waals surface area contributed by atoms with Crippen molar-refractivity contribution in [2.45, 2.75) is 6.92 Å². The Hall–Kier alpha value is -1.82. The zero-order chi connectivity index (χ0) is 17.7. The van der Waals surface area contributed by atoms with Crippen LogP contribution >= 0.6 is 34.8 Å². The molecule has 126 valence electrons. The van der Waals surface area contributed by atoms with Crippen LogP contribution in [0.1, 0.15) is 17.3 Å². The van der Waals surface area contributed by atoms with E-state index < -0.39 is 11.8 Å². The predicted molar refractivity (Wildman–Crippen MR) is 91.9 cm³/mol. The number of carbonyl (C=O) groups excluding carboxylic acids is 1. The minimum absolute atomic E-state index is 0.0135. The largest absolute Gasteiger partial charge is 0.486 e. The van der Waals surface area contributed by atoms with E-state index in [1.807, 2.05) is 0 Å². The summed E-state index contributed by atoms with van der Waals surface area (Å²) in [4.78, 5) is 16.5. The molecule has 0 N–H and O–H groups in total. The predicted octanol–water partition coefficient (Wildman–Crippen LogP) is 5.40. The molecule has 0 unspecified atom stereocenters. The lowest BCUT2D eigenvalue weighted by Gasteiger charge is -2.08. The number of benzene rings is 2. The van der Waals surface area contributed by atoms with E-state index in [0.717, 1.165) is 6.07 Å². The van der Waals surface area contributed by atoms with E-state index >= 15 is 0 Å². The van der Waals surface area contributed by atoms with Crippen LogP contribution in [0.25, 0.3) is 0 Å². The number of hydrogen-bond acceptors (Lipinski definition) is 4. The van der Waals surface area contributed by atoms with Crippen LogP contribution in [0.15, 0.2) is 41.6 Å². The minimum Gasteiger partial charge on any atom is -0.486 e. The van der Waals surface area contributed by atoms with Crippen LogP contribution in [0.5, 0.6) is 5.75 Å². The third-order valence-electron chi connectivity index (χ3n) is 2.78. The third kappa shape index (κ3) is 4.84. The zero-order valence-corrected chi connectivity index (χ0v) is 14.6. The van der Waals surface area contributed by atoms with Gasteiger partial charge in [0.15, 0.2) is 0 Å². The molecule has 0 aliphatic carbocycles. The molecule has 24 heavy (non-hydrogen) atoms. The average Bonchev–Trinajstić information content (AvgIpc) is 2.52. The topological polar surface area (TPSA) is 47.9 Å². The summed E-state index contributed by atoms with van der Waals surface area (Å²) in [5.74, 6) is -1.38. The minimum atomic E-state index is -0.998. The van der Waals surface area contributed by atoms with Crippen molar-refractivity contribution in [2.24, 2.45) is 5.16 Å². The number of oxime groups is 1. The Morgan fingerprint density at radius 2 is 1.92 bits per heavy atom. The quantitative estimate of drug-likeness (QED) is 0.390. The van der Waals surface area contributed by atoms with E-state index in [-0.39, 0.29) is 17.2 Å². The van der Waals surface area contributed by atoms with Crippen molar-refractivity contribution in [1.82, 2.24) is 0 Å². The maximum Gasteiger partial charge on any atom is 0.370 e. The van der Waals surface area contributed by atoms with Crippen molar-refractivity contribution in [3.05, 3.63) is 62.8 Å². The normalized spacial score (nSPS) is 11.3. The number of nitrogens with zero attached hydrogens (tertiary/aromatic N) is 1. The lowest BCUT2D eigenvalue weighted by Crippen LogP contribution is -2.11. The number of ether oxygens (including phenoxy) is 1. The van der Waals surface area contributed by atoms with E-state index in [1.54, 1.807) is 19.1 Å². The maximum absolute atomic E-state index is 13.6. The Morgan fingerprint density at radius 1 is 1.17 bits per heavy atom. The summed E-state index contributed by atoms with van der Waals surface area (Å²) in [7, 11) is 0. The monoisotopic (exact) mass is 389 g/mol. The van der Waals surface area contributed by atoms with Gasteiger partial charge in [0.2, 0.25) is 0 Å². The number of rotatable bonds is 5. The highest BCUT2D eigenvalue weighted by molar-refractivity contribution is 6.35. The Bertz CT molecular complexity index is 776. The smallest absolute Gasteiger partial charge is 0.370 e. The van der Waals surface area contributed by atoms with Crippen molar-refractivity contribution >= 4 is 46.5 Å². The molecular formula is C16H11Cl3FNO3. The Kier molecular flexibility index (Phi) is 6.43. The number of hydrogen-bond donors (Lipinski definition) is 0. The van der Waals surface area contributed by atoms with Gasteiger partial charge in [0, 0.05) is 5.02 Å². The molecule has 0 radical (unpaired) electrons. The summed E-state index contributed by atoms with van der Waals surface area (Å²) in [6, 6.07) is 8.62. The molecule has 0 aromatic heterocycles. The highest BCUT2D eigenvalue weighted by Crippen LogP contribution is 2.27. The zero-order valence-electron chi connectivity index (χ0n) is 12.4. The van der Waals surface area contributed by atoms with E-state index in [9.17, 15) is 9.18 Å². The van der Waals surface area contributed by atoms with Crippen LogP contribution in [0, 0.1) is 5.82 Å². The van der Waals surface area contributed by atoms with Gasteiger partial charge in [-0.05, 0) is 37.3 Å². The Morgan fingerprint density at radius 3 is 2.58 bits per heavy atom. The summed E-state index contributed by atoms with van der Waals surface area (Å²) >= 11 is 17.5. The van der Waals surface area contributed by atoms with Crippen LogP contribution in [-0.4, -0.2) is 18.3 Å². The molecule has 0 amide bonds. The highest BCUT2D eigenvalue weighted by Gasteiger charge is 2.17. The molecule has 0 fully saturated rings. The van der Waals surface area contributed by atoms with Crippen LogP contribution in [-0.2, 0) is 4.84 Å². The van der Waals surface area contributed by atoms with Crippen molar-refractivity contribution in [3.63, 3.8) is 0 Å². The van der Waals surface area contributed by atoms with Gasteiger partial charge < -0.3 is 9.57 Å². The Balaban J connectivity index is 1.97. The van der Waals surface area contributed by atoms with Gasteiger partial charge in [-0.15, -0.1) is 0 Å². The maximum atomic E-state index is 13.6. The van der Waals surface area contributed by atoms with Gasteiger partial charge in [-0.1, -0.05) is 46.0 Å². The summed E-state index contributed by atoms with van der Waals surface area (Å²) < 4.78 is 19.0. The van der Waals surface area contributed by atoms with Crippen molar-refractivity contribution in [3.8, 4) is 5.75 Å². The van der Waals surface area contributed by atoms with E-state index in [2.05, 4.69) is 9.99 Å². The van der Waals surface area contributed by atoms with Gasteiger partial charge in [-0.2, -0.15) is 0 Å². The van der Waals surface area contributed by atoms with Crippen LogP contribution in [0.2, 0.25) is 15.1 Å². The summed E-state index contributed by atoms with van der Waals surface area (Å²) in [5.41, 5.74) is -0.0424. The first kappa shape index (κ1) is 18.5. The molecule has 0 heterocycles. The molecular weight excluding hydrogens is 380 g/mol. The molecule has 0 aliphatic heterocycles. The van der Waals surface area contributed by atoms with Crippen molar-refractivity contribution < 1.29 is 18.8 Å². The number of halogens is 4. The van der Waals surface area contributed by atoms with Gasteiger partial charge in [-0.25, -0.2) is 9.18 Å².